The molecule has 0 spiro atoms. The zero-order chi connectivity index (χ0) is 20.7. The van der Waals surface area contributed by atoms with E-state index >= 15 is 0 Å². The number of fused-ring (bicyclic) bond motifs is 1. The Bertz CT molecular complexity index is 706. The molecule has 2 rings (SSSR count). The third-order valence-corrected chi connectivity index (χ3v) is 5.73. The number of nitrogens with zero attached hydrogens (tertiary/aromatic N) is 1. The number of thioether (sulfide) groups is 1. The Kier molecular flexibility index (Phi) is 8.31. The van der Waals surface area contributed by atoms with E-state index < -0.39 is 11.7 Å². The van der Waals surface area contributed by atoms with Crippen molar-refractivity contribution in [2.24, 2.45) is 0 Å². The van der Waals surface area contributed by atoms with Crippen molar-refractivity contribution in [3.8, 4) is 0 Å². The highest BCUT2D eigenvalue weighted by Crippen LogP contribution is 2.34. The summed E-state index contributed by atoms with van der Waals surface area (Å²) in [5.74, 6) is 0.685. The van der Waals surface area contributed by atoms with Crippen LogP contribution in [0, 0.1) is 0 Å². The van der Waals surface area contributed by atoms with Gasteiger partial charge < -0.3 is 19.7 Å². The van der Waals surface area contributed by atoms with Crippen LogP contribution in [0.3, 0.4) is 0 Å². The van der Waals surface area contributed by atoms with Gasteiger partial charge in [-0.05, 0) is 57.7 Å². The van der Waals surface area contributed by atoms with Gasteiger partial charge in [0.05, 0.1) is 11.6 Å². The maximum Gasteiger partial charge on any atom is 0.410 e. The first kappa shape index (κ1) is 22.7. The molecule has 1 aliphatic rings. The molecule has 0 unspecified atom stereocenters. The van der Waals surface area contributed by atoms with Gasteiger partial charge in [0.1, 0.15) is 5.60 Å². The Morgan fingerprint density at radius 3 is 2.64 bits per heavy atom. The fraction of sp³-hybridized carbons (Fsp3) is 0.600. The predicted octanol–water partition coefficient (Wildman–Crippen LogP) is 4.51. The van der Waals surface area contributed by atoms with Crippen molar-refractivity contribution in [3.63, 3.8) is 0 Å². The largest absolute Gasteiger partial charge is 0.450 e. The van der Waals surface area contributed by atoms with E-state index in [0.717, 1.165) is 17.7 Å². The normalized spacial score (nSPS) is 14.1. The van der Waals surface area contributed by atoms with Crippen molar-refractivity contribution in [1.29, 1.82) is 0 Å². The molecule has 0 saturated heterocycles. The van der Waals surface area contributed by atoms with Gasteiger partial charge in [-0.1, -0.05) is 17.7 Å². The first-order valence-corrected chi connectivity index (χ1v) is 10.9. The number of carbonyl (C=O) groups is 2. The molecular formula is C20H29ClN2O4S. The Hall–Kier alpha value is -1.60. The van der Waals surface area contributed by atoms with Gasteiger partial charge in [-0.3, -0.25) is 0 Å². The van der Waals surface area contributed by atoms with Crippen LogP contribution in [0.5, 0.6) is 0 Å². The van der Waals surface area contributed by atoms with Crippen LogP contribution >= 0.6 is 23.4 Å². The van der Waals surface area contributed by atoms with Gasteiger partial charge in [-0.15, -0.1) is 11.8 Å². The molecule has 28 heavy (non-hydrogen) atoms. The summed E-state index contributed by atoms with van der Waals surface area (Å²) in [6.45, 7) is 9.45. The van der Waals surface area contributed by atoms with Crippen molar-refractivity contribution < 1.29 is 19.1 Å². The van der Waals surface area contributed by atoms with E-state index in [2.05, 4.69) is 5.32 Å². The topological polar surface area (TPSA) is 67.9 Å². The summed E-state index contributed by atoms with van der Waals surface area (Å²) in [6, 6.07) is 3.95. The van der Waals surface area contributed by atoms with Gasteiger partial charge in [0.15, 0.2) is 0 Å². The van der Waals surface area contributed by atoms with Crippen molar-refractivity contribution in [3.05, 3.63) is 28.3 Å². The Morgan fingerprint density at radius 1 is 1.25 bits per heavy atom. The number of benzene rings is 1. The van der Waals surface area contributed by atoms with Gasteiger partial charge in [0.25, 0.3) is 0 Å². The molecule has 156 valence electrons. The number of alkyl carbamates (subject to hydrolysis) is 1. The number of nitrogens with one attached hydrogen (secondary N) is 1. The number of amides is 2. The van der Waals surface area contributed by atoms with Gasteiger partial charge >= 0.3 is 12.2 Å². The minimum absolute atomic E-state index is 0.278. The van der Waals surface area contributed by atoms with Crippen molar-refractivity contribution in [2.45, 2.75) is 51.0 Å². The van der Waals surface area contributed by atoms with Crippen molar-refractivity contribution >= 4 is 35.5 Å². The van der Waals surface area contributed by atoms with E-state index in [9.17, 15) is 9.59 Å². The van der Waals surface area contributed by atoms with Gasteiger partial charge in [-0.25, -0.2) is 9.59 Å². The zero-order valence-corrected chi connectivity index (χ0v) is 18.5. The van der Waals surface area contributed by atoms with Crippen LogP contribution in [-0.2, 0) is 22.3 Å². The molecule has 2 amide bonds. The summed E-state index contributed by atoms with van der Waals surface area (Å²) in [5.41, 5.74) is 1.88. The van der Waals surface area contributed by atoms with E-state index in [1.807, 2.05) is 32.9 Å². The Balaban J connectivity index is 2.01. The van der Waals surface area contributed by atoms with Crippen LogP contribution in [0.1, 0.15) is 38.8 Å². The first-order chi connectivity index (χ1) is 13.2. The lowest BCUT2D eigenvalue weighted by molar-refractivity contribution is 0.0258. The lowest BCUT2D eigenvalue weighted by atomic mass is 10.0. The fourth-order valence-electron chi connectivity index (χ4n) is 2.92. The molecular weight excluding hydrogens is 400 g/mol. The fourth-order valence-corrected chi connectivity index (χ4v) is 4.28. The number of rotatable bonds is 5. The molecule has 0 saturated carbocycles. The first-order valence-electron chi connectivity index (χ1n) is 9.53. The molecule has 0 fully saturated rings. The van der Waals surface area contributed by atoms with E-state index in [4.69, 9.17) is 21.1 Å². The summed E-state index contributed by atoms with van der Waals surface area (Å²) < 4.78 is 10.4. The zero-order valence-electron chi connectivity index (χ0n) is 17.0. The molecule has 1 aromatic carbocycles. The summed E-state index contributed by atoms with van der Waals surface area (Å²) in [6.07, 6.45) is 0.803. The number of hydrogen-bond donors (Lipinski definition) is 1. The summed E-state index contributed by atoms with van der Waals surface area (Å²) in [4.78, 5) is 26.6. The second-order valence-corrected chi connectivity index (χ2v) is 8.99. The Morgan fingerprint density at radius 2 is 1.96 bits per heavy atom. The van der Waals surface area contributed by atoms with E-state index in [0.29, 0.717) is 37.0 Å². The predicted molar refractivity (Wildman–Crippen MR) is 112 cm³/mol. The summed E-state index contributed by atoms with van der Waals surface area (Å²) >= 11 is 8.07. The quantitative estimate of drug-likeness (QED) is 0.551. The third kappa shape index (κ3) is 6.78. The second-order valence-electron chi connectivity index (χ2n) is 7.48. The molecule has 1 aliphatic heterocycles. The van der Waals surface area contributed by atoms with Crippen LogP contribution in [0.15, 0.2) is 17.0 Å². The van der Waals surface area contributed by atoms with Crippen LogP contribution in [0.2, 0.25) is 5.02 Å². The second kappa shape index (κ2) is 10.3. The number of hydrogen-bond acceptors (Lipinski definition) is 5. The standard InChI is InChI=1S/C20H29ClN2O4S/c1-5-26-18(24)22-10-13-28-17-15-9-12-23(19(25)27-20(2,3)4)11-8-14(15)6-7-16(17)21/h6-7H,5,8-13H2,1-4H3,(H,22,24). The average Bonchev–Trinajstić information content (AvgIpc) is 2.82. The average molecular weight is 429 g/mol. The third-order valence-electron chi connectivity index (χ3n) is 4.14. The van der Waals surface area contributed by atoms with E-state index in [1.54, 1.807) is 23.6 Å². The smallest absolute Gasteiger partial charge is 0.410 e. The Labute approximate surface area is 176 Å². The molecule has 0 aromatic heterocycles. The van der Waals surface area contributed by atoms with Crippen molar-refractivity contribution in [2.75, 3.05) is 32.0 Å². The van der Waals surface area contributed by atoms with Crippen LogP contribution in [-0.4, -0.2) is 54.7 Å². The lowest BCUT2D eigenvalue weighted by Crippen LogP contribution is -2.38. The maximum atomic E-state index is 12.4. The summed E-state index contributed by atoms with van der Waals surface area (Å²) in [5, 5.41) is 3.41. The van der Waals surface area contributed by atoms with Gasteiger partial charge in [0, 0.05) is 30.3 Å². The molecule has 1 N–H and O–H groups in total. The number of halogens is 1. The molecule has 1 heterocycles. The highest BCUT2D eigenvalue weighted by molar-refractivity contribution is 7.99. The highest BCUT2D eigenvalue weighted by Gasteiger charge is 2.25. The molecule has 8 heteroatoms. The highest BCUT2D eigenvalue weighted by atomic mass is 35.5. The van der Waals surface area contributed by atoms with E-state index in [1.165, 1.54) is 11.1 Å². The van der Waals surface area contributed by atoms with Crippen molar-refractivity contribution in [1.82, 2.24) is 10.2 Å². The number of ether oxygens (including phenoxy) is 2. The van der Waals surface area contributed by atoms with Gasteiger partial charge in [0.2, 0.25) is 0 Å². The van der Waals surface area contributed by atoms with Crippen LogP contribution < -0.4 is 5.32 Å². The number of carbonyl (C=O) groups excluding carboxylic acids is 2. The summed E-state index contributed by atoms with van der Waals surface area (Å²) in [7, 11) is 0. The monoisotopic (exact) mass is 428 g/mol. The maximum absolute atomic E-state index is 12.4. The van der Waals surface area contributed by atoms with Gasteiger partial charge in [-0.2, -0.15) is 0 Å². The minimum atomic E-state index is -0.507. The molecule has 0 bridgehead atoms. The molecule has 0 radical (unpaired) electrons. The molecule has 6 nitrogen and oxygen atoms in total. The minimum Gasteiger partial charge on any atom is -0.450 e. The molecule has 0 atom stereocenters. The molecule has 0 aliphatic carbocycles. The van der Waals surface area contributed by atoms with Crippen LogP contribution in [0.25, 0.3) is 0 Å². The van der Waals surface area contributed by atoms with E-state index in [-0.39, 0.29) is 6.09 Å². The van der Waals surface area contributed by atoms with Crippen LogP contribution in [0.4, 0.5) is 9.59 Å². The SMILES string of the molecule is CCOC(=O)NCCSc1c(Cl)ccc2c1CCN(C(=O)OC(C)(C)C)CC2. The molecule has 1 aromatic rings. The lowest BCUT2D eigenvalue weighted by Gasteiger charge is -2.26.